The summed E-state index contributed by atoms with van der Waals surface area (Å²) in [5.41, 5.74) is 3.45. The zero-order chi connectivity index (χ0) is 14.2. The number of allylic oxidation sites excluding steroid dienone is 4. The van der Waals surface area contributed by atoms with Gasteiger partial charge in [0, 0.05) is 17.3 Å². The minimum atomic E-state index is -3.39. The van der Waals surface area contributed by atoms with Crippen LogP contribution in [0.15, 0.2) is 49.7 Å². The molecule has 0 amide bonds. The maximum atomic E-state index is 12.7. The first kappa shape index (κ1) is 14.5. The van der Waals surface area contributed by atoms with Crippen molar-refractivity contribution in [2.45, 2.75) is 38.5 Å². The van der Waals surface area contributed by atoms with E-state index in [1.54, 1.807) is 12.1 Å². The topological polar surface area (TPSA) is 34.1 Å². The number of hydrogen-bond acceptors (Lipinski definition) is 2. The molecule has 0 fully saturated rings. The fourth-order valence-corrected chi connectivity index (χ4v) is 4.82. The number of aryl methyl sites for hydroxylation is 1. The number of halogens is 1. The molecule has 19 heavy (non-hydrogen) atoms. The van der Waals surface area contributed by atoms with Crippen molar-refractivity contribution in [3.63, 3.8) is 0 Å². The SMILES string of the molecule is CC1=C(C)CC(S(=O)(=O)c2ccc(C)cc2)=C(Br)C1. The zero-order valence-electron chi connectivity index (χ0n) is 11.3. The predicted molar refractivity (Wildman–Crippen MR) is 81.9 cm³/mol. The third-order valence-electron chi connectivity index (χ3n) is 3.53. The molecule has 0 heterocycles. The van der Waals surface area contributed by atoms with Gasteiger partial charge in [0.05, 0.1) is 9.80 Å². The first-order valence-electron chi connectivity index (χ1n) is 6.17. The van der Waals surface area contributed by atoms with Crippen molar-refractivity contribution in [1.29, 1.82) is 0 Å². The maximum Gasteiger partial charge on any atom is 0.203 e. The number of sulfone groups is 1. The molecule has 2 nitrogen and oxygen atoms in total. The Morgan fingerprint density at radius 2 is 1.47 bits per heavy atom. The predicted octanol–water partition coefficient (Wildman–Crippen LogP) is 4.51. The fraction of sp³-hybridized carbons (Fsp3) is 0.333. The number of rotatable bonds is 2. The van der Waals surface area contributed by atoms with Gasteiger partial charge in [-0.3, -0.25) is 0 Å². The van der Waals surface area contributed by atoms with E-state index in [4.69, 9.17) is 0 Å². The van der Waals surface area contributed by atoms with Gasteiger partial charge in [-0.1, -0.05) is 44.8 Å². The lowest BCUT2D eigenvalue weighted by molar-refractivity contribution is 0.600. The maximum absolute atomic E-state index is 12.7. The molecule has 0 aromatic heterocycles. The molecule has 0 saturated carbocycles. The van der Waals surface area contributed by atoms with Crippen LogP contribution >= 0.6 is 15.9 Å². The molecule has 1 aromatic carbocycles. The lowest BCUT2D eigenvalue weighted by Gasteiger charge is -2.19. The standard InChI is InChI=1S/C15H17BrO2S/c1-10-4-6-13(7-5-10)19(17,18)15-9-12(3)11(2)8-14(15)16/h4-7H,8-9H2,1-3H3. The molecule has 0 N–H and O–H groups in total. The van der Waals surface area contributed by atoms with Crippen LogP contribution in [-0.4, -0.2) is 8.42 Å². The summed E-state index contributed by atoms with van der Waals surface area (Å²) in [7, 11) is -3.39. The molecule has 1 aromatic rings. The Hall–Kier alpha value is -0.870. The summed E-state index contributed by atoms with van der Waals surface area (Å²) < 4.78 is 26.1. The molecule has 0 spiro atoms. The lowest BCUT2D eigenvalue weighted by Crippen LogP contribution is -2.10. The molecule has 102 valence electrons. The Bertz CT molecular complexity index is 665. The Morgan fingerprint density at radius 3 is 2.05 bits per heavy atom. The highest BCUT2D eigenvalue weighted by atomic mass is 79.9. The summed E-state index contributed by atoms with van der Waals surface area (Å²) in [6, 6.07) is 7.02. The van der Waals surface area contributed by atoms with Crippen LogP contribution in [0.25, 0.3) is 0 Å². The van der Waals surface area contributed by atoms with Gasteiger partial charge in [0.15, 0.2) is 0 Å². The molecule has 0 radical (unpaired) electrons. The van der Waals surface area contributed by atoms with Gasteiger partial charge in [-0.15, -0.1) is 0 Å². The smallest absolute Gasteiger partial charge is 0.203 e. The second-order valence-electron chi connectivity index (χ2n) is 5.06. The molecule has 0 atom stereocenters. The van der Waals surface area contributed by atoms with Crippen molar-refractivity contribution in [1.82, 2.24) is 0 Å². The third-order valence-corrected chi connectivity index (χ3v) is 6.49. The molecule has 0 bridgehead atoms. The summed E-state index contributed by atoms with van der Waals surface area (Å²) in [5.74, 6) is 0. The molecular formula is C15H17BrO2S. The minimum absolute atomic E-state index is 0.373. The summed E-state index contributed by atoms with van der Waals surface area (Å²) in [5, 5.41) is 0. The second kappa shape index (κ2) is 5.25. The van der Waals surface area contributed by atoms with E-state index in [1.807, 2.05) is 32.9 Å². The second-order valence-corrected chi connectivity index (χ2v) is 7.99. The van der Waals surface area contributed by atoms with Crippen LogP contribution in [0.3, 0.4) is 0 Å². The van der Waals surface area contributed by atoms with Gasteiger partial charge >= 0.3 is 0 Å². The van der Waals surface area contributed by atoms with E-state index < -0.39 is 9.84 Å². The van der Waals surface area contributed by atoms with Crippen molar-refractivity contribution < 1.29 is 8.42 Å². The average molecular weight is 341 g/mol. The monoisotopic (exact) mass is 340 g/mol. The van der Waals surface area contributed by atoms with Crippen molar-refractivity contribution >= 4 is 25.8 Å². The van der Waals surface area contributed by atoms with E-state index in [-0.39, 0.29) is 0 Å². The summed E-state index contributed by atoms with van der Waals surface area (Å²) in [4.78, 5) is 0.872. The van der Waals surface area contributed by atoms with Crippen LogP contribution in [-0.2, 0) is 9.84 Å². The van der Waals surface area contributed by atoms with Crippen LogP contribution in [0.2, 0.25) is 0 Å². The van der Waals surface area contributed by atoms with Crippen LogP contribution in [0.1, 0.15) is 32.3 Å². The summed E-state index contributed by atoms with van der Waals surface area (Å²) in [6.45, 7) is 5.99. The van der Waals surface area contributed by atoms with Gasteiger partial charge in [0.1, 0.15) is 0 Å². The zero-order valence-corrected chi connectivity index (χ0v) is 13.7. The highest BCUT2D eigenvalue weighted by Gasteiger charge is 2.26. The first-order chi connectivity index (χ1) is 8.82. The normalized spacial score (nSPS) is 17.1. The van der Waals surface area contributed by atoms with E-state index in [0.717, 1.165) is 15.6 Å². The highest BCUT2D eigenvalue weighted by molar-refractivity contribution is 9.11. The molecule has 0 aliphatic heterocycles. The largest absolute Gasteiger partial charge is 0.219 e. The van der Waals surface area contributed by atoms with Gasteiger partial charge in [0.2, 0.25) is 9.84 Å². The van der Waals surface area contributed by atoms with Gasteiger partial charge in [0.25, 0.3) is 0 Å². The average Bonchev–Trinajstić information content (AvgIpc) is 2.34. The Labute approximate surface area is 123 Å². The lowest BCUT2D eigenvalue weighted by atomic mass is 10.00. The third kappa shape index (κ3) is 2.84. The molecule has 0 saturated heterocycles. The number of hydrogen-bond donors (Lipinski definition) is 0. The Kier molecular flexibility index (Phi) is 4.02. The van der Waals surface area contributed by atoms with E-state index in [1.165, 1.54) is 5.57 Å². The number of benzene rings is 1. The van der Waals surface area contributed by atoms with E-state index in [2.05, 4.69) is 15.9 Å². The van der Waals surface area contributed by atoms with Crippen LogP contribution < -0.4 is 0 Å². The van der Waals surface area contributed by atoms with Gasteiger partial charge in [-0.2, -0.15) is 0 Å². The highest BCUT2D eigenvalue weighted by Crippen LogP contribution is 2.38. The van der Waals surface area contributed by atoms with Crippen molar-refractivity contribution in [2.75, 3.05) is 0 Å². The summed E-state index contributed by atoms with van der Waals surface area (Å²) >= 11 is 3.44. The minimum Gasteiger partial charge on any atom is -0.219 e. The van der Waals surface area contributed by atoms with Gasteiger partial charge in [-0.05, 0) is 32.9 Å². The quantitative estimate of drug-likeness (QED) is 0.742. The van der Waals surface area contributed by atoms with E-state index in [9.17, 15) is 8.42 Å². The van der Waals surface area contributed by atoms with E-state index >= 15 is 0 Å². The van der Waals surface area contributed by atoms with Crippen molar-refractivity contribution in [3.05, 3.63) is 50.4 Å². The van der Waals surface area contributed by atoms with Gasteiger partial charge < -0.3 is 0 Å². The Balaban J connectivity index is 2.46. The first-order valence-corrected chi connectivity index (χ1v) is 8.44. The van der Waals surface area contributed by atoms with Crippen LogP contribution in [0.4, 0.5) is 0 Å². The molecule has 0 unspecified atom stereocenters. The Morgan fingerprint density at radius 1 is 0.947 bits per heavy atom. The summed E-state index contributed by atoms with van der Waals surface area (Å²) in [6.07, 6.45) is 1.19. The van der Waals surface area contributed by atoms with Crippen molar-refractivity contribution in [2.24, 2.45) is 0 Å². The van der Waals surface area contributed by atoms with Crippen molar-refractivity contribution in [3.8, 4) is 0 Å². The van der Waals surface area contributed by atoms with Crippen LogP contribution in [0, 0.1) is 6.92 Å². The molecule has 2 rings (SSSR count). The van der Waals surface area contributed by atoms with Crippen LogP contribution in [0.5, 0.6) is 0 Å². The fourth-order valence-electron chi connectivity index (χ4n) is 2.07. The molecular weight excluding hydrogens is 324 g/mol. The molecule has 1 aliphatic carbocycles. The van der Waals surface area contributed by atoms with E-state index in [0.29, 0.717) is 22.6 Å². The molecule has 1 aliphatic rings. The van der Waals surface area contributed by atoms with Gasteiger partial charge in [-0.25, -0.2) is 8.42 Å². The molecule has 4 heteroatoms.